The molecule has 3 heteroatoms. The highest BCUT2D eigenvalue weighted by molar-refractivity contribution is 5.88. The quantitative estimate of drug-likeness (QED) is 0.655. The summed E-state index contributed by atoms with van der Waals surface area (Å²) in [5.41, 5.74) is 1.00. The molecule has 0 amide bonds. The summed E-state index contributed by atoms with van der Waals surface area (Å²) < 4.78 is 1.81. The third kappa shape index (κ3) is 1.70. The minimum Gasteiger partial charge on any atom is -0.323 e. The van der Waals surface area contributed by atoms with E-state index in [4.69, 9.17) is 0 Å². The molecule has 0 aliphatic carbocycles. The number of aldehydes is 1. The Bertz CT molecular complexity index is 669. The fraction of sp³-hybridized carbons (Fsp3) is 0.0667. The van der Waals surface area contributed by atoms with Gasteiger partial charge in [0.15, 0.2) is 0 Å². The molecule has 18 heavy (non-hydrogen) atoms. The van der Waals surface area contributed by atoms with Gasteiger partial charge in [-0.3, -0.25) is 0 Å². The van der Waals surface area contributed by atoms with Crippen LogP contribution in [0.25, 0.3) is 10.8 Å². The average Bonchev–Trinajstić information content (AvgIpc) is 2.94. The Kier molecular flexibility index (Phi) is 2.65. The predicted molar refractivity (Wildman–Crippen MR) is 70.4 cm³/mol. The minimum absolute atomic E-state index is 0.321. The molecule has 1 unspecified atom stereocenters. The van der Waals surface area contributed by atoms with Gasteiger partial charge in [-0.2, -0.15) is 0 Å². The van der Waals surface area contributed by atoms with E-state index in [9.17, 15) is 4.79 Å². The van der Waals surface area contributed by atoms with Crippen LogP contribution in [0.4, 0.5) is 0 Å². The van der Waals surface area contributed by atoms with E-state index in [1.807, 2.05) is 34.9 Å². The summed E-state index contributed by atoms with van der Waals surface area (Å²) in [4.78, 5) is 15.4. The van der Waals surface area contributed by atoms with Crippen LogP contribution in [0.15, 0.2) is 61.2 Å². The van der Waals surface area contributed by atoms with E-state index in [0.717, 1.165) is 22.6 Å². The van der Waals surface area contributed by atoms with Crippen LogP contribution in [-0.4, -0.2) is 15.8 Å². The van der Waals surface area contributed by atoms with Gasteiger partial charge < -0.3 is 9.36 Å². The number of rotatable bonds is 3. The summed E-state index contributed by atoms with van der Waals surface area (Å²) in [7, 11) is 0. The first-order valence-corrected chi connectivity index (χ1v) is 5.80. The Labute approximate surface area is 105 Å². The second-order valence-corrected chi connectivity index (χ2v) is 4.16. The van der Waals surface area contributed by atoms with Crippen LogP contribution in [0.5, 0.6) is 0 Å². The van der Waals surface area contributed by atoms with Crippen LogP contribution in [0, 0.1) is 0 Å². The zero-order chi connectivity index (χ0) is 12.4. The van der Waals surface area contributed by atoms with E-state index in [0.29, 0.717) is 0 Å². The van der Waals surface area contributed by atoms with Crippen LogP contribution < -0.4 is 0 Å². The molecule has 0 saturated carbocycles. The average molecular weight is 236 g/mol. The van der Waals surface area contributed by atoms with E-state index in [1.54, 1.807) is 18.7 Å². The lowest BCUT2D eigenvalue weighted by atomic mass is 9.99. The van der Waals surface area contributed by atoms with E-state index in [1.165, 1.54) is 0 Å². The summed E-state index contributed by atoms with van der Waals surface area (Å²) in [5, 5.41) is 2.24. The van der Waals surface area contributed by atoms with E-state index >= 15 is 0 Å². The molecular weight excluding hydrogens is 224 g/mol. The fourth-order valence-corrected chi connectivity index (χ4v) is 2.25. The lowest BCUT2D eigenvalue weighted by Crippen LogP contribution is -2.10. The summed E-state index contributed by atoms with van der Waals surface area (Å²) in [6.07, 6.45) is 6.10. The van der Waals surface area contributed by atoms with Gasteiger partial charge in [-0.1, -0.05) is 42.5 Å². The normalized spacial score (nSPS) is 12.4. The molecule has 0 radical (unpaired) electrons. The van der Waals surface area contributed by atoms with Crippen molar-refractivity contribution in [2.75, 3.05) is 0 Å². The van der Waals surface area contributed by atoms with Crippen LogP contribution in [0.1, 0.15) is 11.6 Å². The molecule has 0 fully saturated rings. The Balaban J connectivity index is 2.21. The zero-order valence-corrected chi connectivity index (χ0v) is 9.73. The molecule has 1 atom stereocenters. The number of carbonyl (C=O) groups is 1. The van der Waals surface area contributed by atoms with Crippen molar-refractivity contribution in [3.63, 3.8) is 0 Å². The highest BCUT2D eigenvalue weighted by atomic mass is 16.1. The summed E-state index contributed by atoms with van der Waals surface area (Å²) >= 11 is 0. The first-order valence-electron chi connectivity index (χ1n) is 5.80. The molecule has 3 rings (SSSR count). The SMILES string of the molecule is O=CC(c1cccc2ccccc12)n1ccnc1. The number of aromatic nitrogens is 2. The summed E-state index contributed by atoms with van der Waals surface area (Å²) in [5.74, 6) is 0. The van der Waals surface area contributed by atoms with Crippen LogP contribution in [-0.2, 0) is 4.79 Å². The molecule has 3 aromatic rings. The molecule has 1 aromatic heterocycles. The molecule has 2 aromatic carbocycles. The van der Waals surface area contributed by atoms with Crippen molar-refractivity contribution in [1.29, 1.82) is 0 Å². The van der Waals surface area contributed by atoms with E-state index in [2.05, 4.69) is 17.1 Å². The van der Waals surface area contributed by atoms with Crippen LogP contribution in [0.3, 0.4) is 0 Å². The van der Waals surface area contributed by atoms with Crippen LogP contribution >= 0.6 is 0 Å². The first-order chi connectivity index (χ1) is 8.90. The fourth-order valence-electron chi connectivity index (χ4n) is 2.25. The summed E-state index contributed by atoms with van der Waals surface area (Å²) in [6.45, 7) is 0. The van der Waals surface area contributed by atoms with Crippen molar-refractivity contribution in [2.45, 2.75) is 6.04 Å². The molecule has 0 N–H and O–H groups in total. The summed E-state index contributed by atoms with van der Waals surface area (Å²) in [6, 6.07) is 13.8. The lowest BCUT2D eigenvalue weighted by molar-refractivity contribution is -0.109. The molecule has 0 saturated heterocycles. The number of hydrogen-bond donors (Lipinski definition) is 0. The molecule has 88 valence electrons. The molecule has 0 spiro atoms. The highest BCUT2D eigenvalue weighted by Gasteiger charge is 2.14. The predicted octanol–water partition coefficient (Wildman–Crippen LogP) is 2.82. The Morgan fingerprint density at radius 2 is 1.94 bits per heavy atom. The molecule has 0 aliphatic heterocycles. The minimum atomic E-state index is -0.321. The first kappa shape index (κ1) is 10.7. The van der Waals surface area contributed by atoms with Gasteiger partial charge in [-0.25, -0.2) is 4.98 Å². The van der Waals surface area contributed by atoms with Crippen molar-refractivity contribution < 1.29 is 4.79 Å². The number of fused-ring (bicyclic) bond motifs is 1. The van der Waals surface area contributed by atoms with Gasteiger partial charge in [0.25, 0.3) is 0 Å². The molecule has 0 bridgehead atoms. The van der Waals surface area contributed by atoms with E-state index in [-0.39, 0.29) is 6.04 Å². The third-order valence-electron chi connectivity index (χ3n) is 3.12. The standard InChI is InChI=1S/C15H12N2O/c18-10-15(17-9-8-16-11-17)14-7-3-5-12-4-1-2-6-13(12)14/h1-11,15H. The second-order valence-electron chi connectivity index (χ2n) is 4.16. The van der Waals surface area contributed by atoms with Crippen molar-refractivity contribution in [3.8, 4) is 0 Å². The number of hydrogen-bond acceptors (Lipinski definition) is 2. The zero-order valence-electron chi connectivity index (χ0n) is 9.73. The van der Waals surface area contributed by atoms with Crippen molar-refractivity contribution in [1.82, 2.24) is 9.55 Å². The monoisotopic (exact) mass is 236 g/mol. The van der Waals surface area contributed by atoms with Gasteiger partial charge in [0.2, 0.25) is 0 Å². The number of imidazole rings is 1. The molecule has 0 aliphatic rings. The van der Waals surface area contributed by atoms with Crippen LogP contribution in [0.2, 0.25) is 0 Å². The highest BCUT2D eigenvalue weighted by Crippen LogP contribution is 2.25. The molecule has 1 heterocycles. The van der Waals surface area contributed by atoms with Gasteiger partial charge in [0.1, 0.15) is 12.3 Å². The Hall–Kier alpha value is -2.42. The Morgan fingerprint density at radius 1 is 1.11 bits per heavy atom. The Morgan fingerprint density at radius 3 is 2.72 bits per heavy atom. The number of carbonyl (C=O) groups excluding carboxylic acids is 1. The third-order valence-corrected chi connectivity index (χ3v) is 3.12. The number of benzene rings is 2. The van der Waals surface area contributed by atoms with Gasteiger partial charge in [0.05, 0.1) is 6.33 Å². The molecular formula is C15H12N2O. The van der Waals surface area contributed by atoms with Gasteiger partial charge in [0, 0.05) is 12.4 Å². The van der Waals surface area contributed by atoms with Crippen molar-refractivity contribution in [3.05, 3.63) is 66.7 Å². The van der Waals surface area contributed by atoms with Crippen molar-refractivity contribution in [2.24, 2.45) is 0 Å². The smallest absolute Gasteiger partial charge is 0.147 e. The topological polar surface area (TPSA) is 34.9 Å². The second kappa shape index (κ2) is 4.45. The number of nitrogens with zero attached hydrogens (tertiary/aromatic N) is 2. The van der Waals surface area contributed by atoms with Gasteiger partial charge in [-0.15, -0.1) is 0 Å². The largest absolute Gasteiger partial charge is 0.323 e. The van der Waals surface area contributed by atoms with Gasteiger partial charge in [-0.05, 0) is 16.3 Å². The molecule has 3 nitrogen and oxygen atoms in total. The maximum Gasteiger partial charge on any atom is 0.147 e. The van der Waals surface area contributed by atoms with Crippen molar-refractivity contribution >= 4 is 17.1 Å². The maximum atomic E-state index is 11.4. The van der Waals surface area contributed by atoms with E-state index < -0.39 is 0 Å². The maximum absolute atomic E-state index is 11.4. The lowest BCUT2D eigenvalue weighted by Gasteiger charge is -2.14. The van der Waals surface area contributed by atoms with Gasteiger partial charge >= 0.3 is 0 Å².